The predicted octanol–water partition coefficient (Wildman–Crippen LogP) is 3.36. The molecule has 0 saturated heterocycles. The van der Waals surface area contributed by atoms with Crippen molar-refractivity contribution in [1.82, 2.24) is 0 Å². The summed E-state index contributed by atoms with van der Waals surface area (Å²) in [5, 5.41) is 14.8. The quantitative estimate of drug-likeness (QED) is 0.858. The third-order valence-electron chi connectivity index (χ3n) is 3.04. The predicted molar refractivity (Wildman–Crippen MR) is 89.3 cm³/mol. The standard InChI is InChI=1S/C14H14O2.2C2H4O2/c1-3-9-10(4-2)14(16)12-8-6-5-7-11(12)13(9)15;2*1-2(3)4/h5-8H,3-4H2,1-2H3;2*1H3,(H,3,4). The van der Waals surface area contributed by atoms with E-state index in [-0.39, 0.29) is 11.6 Å². The third kappa shape index (κ3) is 6.16. The third-order valence-corrected chi connectivity index (χ3v) is 3.04. The molecule has 130 valence electrons. The first-order valence-corrected chi connectivity index (χ1v) is 7.46. The normalized spacial score (nSPS) is 12.3. The highest BCUT2D eigenvalue weighted by atomic mass is 16.4. The fourth-order valence-electron chi connectivity index (χ4n) is 2.23. The smallest absolute Gasteiger partial charge is 0.300 e. The Morgan fingerprint density at radius 3 is 1.25 bits per heavy atom. The topological polar surface area (TPSA) is 109 Å². The number of carbonyl (C=O) groups excluding carboxylic acids is 2. The van der Waals surface area contributed by atoms with E-state index in [4.69, 9.17) is 19.8 Å². The van der Waals surface area contributed by atoms with E-state index in [1.54, 1.807) is 24.3 Å². The van der Waals surface area contributed by atoms with Gasteiger partial charge in [-0.15, -0.1) is 0 Å². The molecule has 0 atom stereocenters. The lowest BCUT2D eigenvalue weighted by atomic mass is 9.82. The van der Waals surface area contributed by atoms with E-state index in [2.05, 4.69) is 0 Å². The van der Waals surface area contributed by atoms with Crippen molar-refractivity contribution < 1.29 is 29.4 Å². The number of rotatable bonds is 2. The van der Waals surface area contributed by atoms with Crippen LogP contribution in [0.3, 0.4) is 0 Å². The van der Waals surface area contributed by atoms with Gasteiger partial charge < -0.3 is 10.2 Å². The highest BCUT2D eigenvalue weighted by molar-refractivity contribution is 6.26. The minimum atomic E-state index is -0.833. The van der Waals surface area contributed by atoms with Gasteiger partial charge in [0.2, 0.25) is 0 Å². The van der Waals surface area contributed by atoms with Gasteiger partial charge in [0.25, 0.3) is 11.9 Å². The Balaban J connectivity index is 0.000000558. The maximum atomic E-state index is 12.2. The van der Waals surface area contributed by atoms with E-state index >= 15 is 0 Å². The number of ketones is 2. The summed E-state index contributed by atoms with van der Waals surface area (Å²) in [6, 6.07) is 7.07. The molecule has 6 nitrogen and oxygen atoms in total. The molecule has 0 saturated carbocycles. The number of benzene rings is 1. The first kappa shape index (κ1) is 21.2. The van der Waals surface area contributed by atoms with Crippen molar-refractivity contribution >= 4 is 23.5 Å². The second kappa shape index (κ2) is 10.1. The molecule has 1 aromatic carbocycles. The van der Waals surface area contributed by atoms with E-state index in [1.807, 2.05) is 13.8 Å². The summed E-state index contributed by atoms with van der Waals surface area (Å²) >= 11 is 0. The Hall–Kier alpha value is -2.76. The molecule has 0 spiro atoms. The van der Waals surface area contributed by atoms with Crippen LogP contribution in [0.1, 0.15) is 61.3 Å². The van der Waals surface area contributed by atoms with Crippen LogP contribution in [0, 0.1) is 0 Å². The number of hydrogen-bond acceptors (Lipinski definition) is 4. The zero-order chi connectivity index (χ0) is 18.9. The largest absolute Gasteiger partial charge is 0.481 e. The number of carbonyl (C=O) groups is 4. The van der Waals surface area contributed by atoms with Gasteiger partial charge in [-0.25, -0.2) is 0 Å². The van der Waals surface area contributed by atoms with Crippen LogP contribution < -0.4 is 0 Å². The summed E-state index contributed by atoms with van der Waals surface area (Å²) in [4.78, 5) is 42.3. The first-order valence-electron chi connectivity index (χ1n) is 7.46. The second-order valence-corrected chi connectivity index (χ2v) is 4.91. The monoisotopic (exact) mass is 334 g/mol. The SMILES string of the molecule is CC(=O)O.CC(=O)O.CCC1=C(CC)C(=O)c2ccccc2C1=O. The molecular weight excluding hydrogens is 312 g/mol. The lowest BCUT2D eigenvalue weighted by Crippen LogP contribution is -2.21. The Morgan fingerprint density at radius 2 is 1.04 bits per heavy atom. The van der Waals surface area contributed by atoms with Gasteiger partial charge in [0.1, 0.15) is 0 Å². The van der Waals surface area contributed by atoms with Crippen molar-refractivity contribution in [2.45, 2.75) is 40.5 Å². The summed E-state index contributed by atoms with van der Waals surface area (Å²) < 4.78 is 0. The molecule has 1 aliphatic carbocycles. The van der Waals surface area contributed by atoms with E-state index < -0.39 is 11.9 Å². The summed E-state index contributed by atoms with van der Waals surface area (Å²) in [6.45, 7) is 6.01. The number of carboxylic acid groups (broad SMARTS) is 2. The summed E-state index contributed by atoms with van der Waals surface area (Å²) in [5.41, 5.74) is 2.49. The molecular formula is C18H22O6. The van der Waals surface area contributed by atoms with E-state index in [9.17, 15) is 9.59 Å². The van der Waals surface area contributed by atoms with E-state index in [1.165, 1.54) is 0 Å². The summed E-state index contributed by atoms with van der Waals surface area (Å²) in [6.07, 6.45) is 1.25. The molecule has 2 N–H and O–H groups in total. The molecule has 0 radical (unpaired) electrons. The molecule has 0 aliphatic heterocycles. The number of allylic oxidation sites excluding steroid dienone is 2. The van der Waals surface area contributed by atoms with Crippen LogP contribution >= 0.6 is 0 Å². The fraction of sp³-hybridized carbons (Fsp3) is 0.333. The van der Waals surface area contributed by atoms with Crippen molar-refractivity contribution in [3.05, 3.63) is 46.5 Å². The Bertz CT molecular complexity index is 605. The average Bonchev–Trinajstić information content (AvgIpc) is 2.49. The lowest BCUT2D eigenvalue weighted by Gasteiger charge is -2.19. The number of fused-ring (bicyclic) bond motifs is 1. The number of Topliss-reactive ketones (excluding diaryl/α,β-unsaturated/α-hetero) is 2. The minimum Gasteiger partial charge on any atom is -0.481 e. The summed E-state index contributed by atoms with van der Waals surface area (Å²) in [5.74, 6) is -1.62. The van der Waals surface area contributed by atoms with Gasteiger partial charge in [0.05, 0.1) is 0 Å². The molecule has 0 aromatic heterocycles. The molecule has 0 amide bonds. The number of hydrogen-bond donors (Lipinski definition) is 2. The van der Waals surface area contributed by atoms with Crippen molar-refractivity contribution in [3.63, 3.8) is 0 Å². The zero-order valence-corrected chi connectivity index (χ0v) is 14.3. The van der Waals surface area contributed by atoms with Gasteiger partial charge in [0.15, 0.2) is 11.6 Å². The van der Waals surface area contributed by atoms with Gasteiger partial charge in [-0.2, -0.15) is 0 Å². The Morgan fingerprint density at radius 1 is 0.792 bits per heavy atom. The van der Waals surface area contributed by atoms with Crippen molar-refractivity contribution in [1.29, 1.82) is 0 Å². The summed E-state index contributed by atoms with van der Waals surface area (Å²) in [7, 11) is 0. The van der Waals surface area contributed by atoms with Crippen LogP contribution in [0.15, 0.2) is 35.4 Å². The van der Waals surface area contributed by atoms with Crippen LogP contribution in [-0.4, -0.2) is 33.7 Å². The molecule has 0 unspecified atom stereocenters. The van der Waals surface area contributed by atoms with Crippen LogP contribution in [0.2, 0.25) is 0 Å². The maximum Gasteiger partial charge on any atom is 0.300 e. The van der Waals surface area contributed by atoms with Crippen LogP contribution in [-0.2, 0) is 9.59 Å². The average molecular weight is 334 g/mol. The van der Waals surface area contributed by atoms with Crippen molar-refractivity contribution in [3.8, 4) is 0 Å². The van der Waals surface area contributed by atoms with Gasteiger partial charge in [-0.3, -0.25) is 19.2 Å². The second-order valence-electron chi connectivity index (χ2n) is 4.91. The number of carboxylic acids is 2. The zero-order valence-electron chi connectivity index (χ0n) is 14.3. The Labute approximate surface area is 140 Å². The van der Waals surface area contributed by atoms with Crippen molar-refractivity contribution in [2.75, 3.05) is 0 Å². The van der Waals surface area contributed by atoms with Crippen LogP contribution in [0.25, 0.3) is 0 Å². The van der Waals surface area contributed by atoms with Gasteiger partial charge in [-0.1, -0.05) is 38.1 Å². The Kier molecular flexibility index (Phi) is 8.94. The number of aliphatic carboxylic acids is 2. The molecule has 0 bridgehead atoms. The molecule has 1 aliphatic rings. The minimum absolute atomic E-state index is 0.0227. The maximum absolute atomic E-state index is 12.2. The molecule has 0 fully saturated rings. The van der Waals surface area contributed by atoms with Crippen molar-refractivity contribution in [2.24, 2.45) is 0 Å². The molecule has 1 aromatic rings. The van der Waals surface area contributed by atoms with Crippen LogP contribution in [0.5, 0.6) is 0 Å². The lowest BCUT2D eigenvalue weighted by molar-refractivity contribution is -0.135. The van der Waals surface area contributed by atoms with E-state index in [0.717, 1.165) is 13.8 Å². The fourth-order valence-corrected chi connectivity index (χ4v) is 2.23. The molecule has 2 rings (SSSR count). The molecule has 6 heteroatoms. The highest BCUT2D eigenvalue weighted by Gasteiger charge is 2.29. The highest BCUT2D eigenvalue weighted by Crippen LogP contribution is 2.29. The first-order chi connectivity index (χ1) is 11.2. The molecule has 24 heavy (non-hydrogen) atoms. The van der Waals surface area contributed by atoms with Gasteiger partial charge >= 0.3 is 0 Å². The van der Waals surface area contributed by atoms with Crippen LogP contribution in [0.4, 0.5) is 0 Å². The molecule has 0 heterocycles. The van der Waals surface area contributed by atoms with Gasteiger partial charge in [-0.05, 0) is 12.8 Å². The van der Waals surface area contributed by atoms with Gasteiger partial charge in [0, 0.05) is 36.1 Å². The van der Waals surface area contributed by atoms with E-state index in [0.29, 0.717) is 35.1 Å².